The summed E-state index contributed by atoms with van der Waals surface area (Å²) in [5, 5.41) is 11.7. The van der Waals surface area contributed by atoms with Gasteiger partial charge in [0.2, 0.25) is 5.91 Å². The number of hydrogen-bond donors (Lipinski definition) is 5. The minimum absolute atomic E-state index is 0.0516. The molecule has 10 heteroatoms. The molecule has 160 valence electrons. The zero-order valence-corrected chi connectivity index (χ0v) is 17.1. The molecule has 6 N–H and O–H groups in total. The van der Waals surface area contributed by atoms with Crippen LogP contribution in [0.25, 0.3) is 0 Å². The molecule has 0 aromatic rings. The van der Waals surface area contributed by atoms with E-state index < -0.39 is 18.3 Å². The van der Waals surface area contributed by atoms with Crippen LogP contribution in [-0.2, 0) is 4.79 Å². The van der Waals surface area contributed by atoms with E-state index in [4.69, 9.17) is 5.73 Å². The van der Waals surface area contributed by atoms with Crippen molar-refractivity contribution in [2.75, 3.05) is 46.8 Å². The predicted octanol–water partition coefficient (Wildman–Crippen LogP) is -2.34. The van der Waals surface area contributed by atoms with Crippen LogP contribution in [0.1, 0.15) is 13.3 Å². The van der Waals surface area contributed by atoms with E-state index in [-0.39, 0.29) is 31.2 Å². The molecule has 1 amide bonds. The number of halogens is 1. The van der Waals surface area contributed by atoms with E-state index in [9.17, 15) is 9.18 Å². The van der Waals surface area contributed by atoms with Crippen LogP contribution in [0.15, 0.2) is 0 Å². The fourth-order valence-corrected chi connectivity index (χ4v) is 5.32. The van der Waals surface area contributed by atoms with Crippen molar-refractivity contribution >= 4 is 5.91 Å². The van der Waals surface area contributed by atoms with Gasteiger partial charge in [-0.3, -0.25) is 15.0 Å². The minimum Gasteiger partial charge on any atom is -0.351 e. The van der Waals surface area contributed by atoms with Gasteiger partial charge in [0.05, 0.1) is 24.4 Å². The Labute approximate surface area is 166 Å². The number of hydrazine groups is 1. The van der Waals surface area contributed by atoms with Gasteiger partial charge in [0, 0.05) is 38.3 Å². The van der Waals surface area contributed by atoms with Gasteiger partial charge in [-0.15, -0.1) is 0 Å². The van der Waals surface area contributed by atoms with Gasteiger partial charge in [-0.1, -0.05) is 0 Å². The number of likely N-dealkylation sites (tertiary alicyclic amines) is 1. The van der Waals surface area contributed by atoms with E-state index in [2.05, 4.69) is 52.2 Å². The number of nitrogens with zero attached hydrogens (tertiary/aromatic N) is 3. The number of fused-ring (bicyclic) bond motifs is 1. The summed E-state index contributed by atoms with van der Waals surface area (Å²) in [6.45, 7) is 5.49. The van der Waals surface area contributed by atoms with E-state index in [0.717, 1.165) is 26.1 Å². The van der Waals surface area contributed by atoms with E-state index in [1.54, 1.807) is 5.01 Å². The van der Waals surface area contributed by atoms with Gasteiger partial charge >= 0.3 is 0 Å². The molecule has 4 heterocycles. The maximum Gasteiger partial charge on any atom is 0.229 e. The Balaban J connectivity index is 1.45. The Morgan fingerprint density at radius 2 is 2.00 bits per heavy atom. The number of rotatable bonds is 3. The third-order valence-electron chi connectivity index (χ3n) is 7.07. The molecule has 4 aliphatic rings. The number of nitrogens with one attached hydrogen (secondary N) is 4. The maximum absolute atomic E-state index is 13.7. The number of amides is 1. The molecule has 4 fully saturated rings. The monoisotopic (exact) mass is 398 g/mol. The number of hydrogen-bond acceptors (Lipinski definition) is 8. The lowest BCUT2D eigenvalue weighted by Gasteiger charge is -2.42. The second kappa shape index (κ2) is 8.10. The summed E-state index contributed by atoms with van der Waals surface area (Å²) >= 11 is 0. The van der Waals surface area contributed by atoms with Crippen LogP contribution in [0, 0.1) is 11.8 Å². The highest BCUT2D eigenvalue weighted by Gasteiger charge is 2.48. The number of carbonyl (C=O) groups excluding carboxylic acids is 1. The smallest absolute Gasteiger partial charge is 0.229 e. The molecule has 0 bridgehead atoms. The molecule has 8 atom stereocenters. The summed E-state index contributed by atoms with van der Waals surface area (Å²) in [7, 11) is 4.25. The number of nitrogens with two attached hydrogens (primary N) is 1. The SMILES string of the molecule is CC1NCC(C2CCN(C)CC2NC(=O)C2C(N)NN3CC(F)CNC23)N1C. The normalized spacial score (nSPS) is 45.9. The molecule has 28 heavy (non-hydrogen) atoms. The second-order valence-electron chi connectivity index (χ2n) is 8.93. The highest BCUT2D eigenvalue weighted by molar-refractivity contribution is 5.80. The first-order valence-corrected chi connectivity index (χ1v) is 10.4. The second-order valence-corrected chi connectivity index (χ2v) is 8.93. The lowest BCUT2D eigenvalue weighted by molar-refractivity contribution is -0.128. The molecule has 0 aromatic heterocycles. The van der Waals surface area contributed by atoms with Crippen LogP contribution in [-0.4, -0.2) is 104 Å². The first-order valence-electron chi connectivity index (χ1n) is 10.4. The molecule has 0 saturated carbocycles. The minimum atomic E-state index is -0.957. The van der Waals surface area contributed by atoms with E-state index in [1.165, 1.54) is 0 Å². The lowest BCUT2D eigenvalue weighted by Crippen LogP contribution is -2.61. The summed E-state index contributed by atoms with van der Waals surface area (Å²) < 4.78 is 13.7. The van der Waals surface area contributed by atoms with Crippen molar-refractivity contribution in [3.8, 4) is 0 Å². The largest absolute Gasteiger partial charge is 0.351 e. The van der Waals surface area contributed by atoms with Gasteiger partial charge in [0.25, 0.3) is 0 Å². The van der Waals surface area contributed by atoms with Crippen molar-refractivity contribution in [3.63, 3.8) is 0 Å². The highest BCUT2D eigenvalue weighted by Crippen LogP contribution is 2.28. The first-order chi connectivity index (χ1) is 13.3. The van der Waals surface area contributed by atoms with Crippen molar-refractivity contribution in [1.82, 2.24) is 36.2 Å². The first kappa shape index (κ1) is 20.4. The van der Waals surface area contributed by atoms with Crippen LogP contribution < -0.4 is 27.1 Å². The molecule has 4 rings (SSSR count). The average molecular weight is 399 g/mol. The molecular weight excluding hydrogens is 363 g/mol. The Hall–Kier alpha value is -0.880. The number of carbonyl (C=O) groups is 1. The molecular formula is C18H35FN8O. The molecule has 8 unspecified atom stereocenters. The van der Waals surface area contributed by atoms with E-state index >= 15 is 0 Å². The Morgan fingerprint density at radius 3 is 2.71 bits per heavy atom. The van der Waals surface area contributed by atoms with Crippen LogP contribution in [0.3, 0.4) is 0 Å². The Kier molecular flexibility index (Phi) is 5.90. The van der Waals surface area contributed by atoms with Gasteiger partial charge in [-0.2, -0.15) is 0 Å². The van der Waals surface area contributed by atoms with Gasteiger partial charge < -0.3 is 21.3 Å². The van der Waals surface area contributed by atoms with Gasteiger partial charge in [-0.25, -0.2) is 14.8 Å². The van der Waals surface area contributed by atoms with Crippen molar-refractivity contribution < 1.29 is 9.18 Å². The third-order valence-corrected chi connectivity index (χ3v) is 7.07. The number of piperidine rings is 1. The third kappa shape index (κ3) is 3.79. The average Bonchev–Trinajstić information content (AvgIpc) is 3.14. The molecule has 0 aliphatic carbocycles. The van der Waals surface area contributed by atoms with Gasteiger partial charge in [-0.05, 0) is 39.9 Å². The van der Waals surface area contributed by atoms with E-state index in [0.29, 0.717) is 18.1 Å². The fourth-order valence-electron chi connectivity index (χ4n) is 5.32. The van der Waals surface area contributed by atoms with Gasteiger partial charge in [0.15, 0.2) is 0 Å². The number of alkyl halides is 1. The summed E-state index contributed by atoms with van der Waals surface area (Å²) in [5.74, 6) is -0.109. The van der Waals surface area contributed by atoms with Crippen LogP contribution in [0.2, 0.25) is 0 Å². The Morgan fingerprint density at radius 1 is 1.21 bits per heavy atom. The van der Waals surface area contributed by atoms with Crippen molar-refractivity contribution in [3.05, 3.63) is 0 Å². The molecule has 0 radical (unpaired) electrons. The number of likely N-dealkylation sites (N-methyl/N-ethyl adjacent to an activating group) is 2. The molecule has 9 nitrogen and oxygen atoms in total. The van der Waals surface area contributed by atoms with Crippen LogP contribution in [0.5, 0.6) is 0 Å². The van der Waals surface area contributed by atoms with E-state index in [1.807, 2.05) is 0 Å². The van der Waals surface area contributed by atoms with Crippen molar-refractivity contribution in [2.45, 2.75) is 50.1 Å². The summed E-state index contributed by atoms with van der Waals surface area (Å²) in [5.41, 5.74) is 9.27. The molecule has 0 spiro atoms. The topological polar surface area (TPSA) is 101 Å². The van der Waals surface area contributed by atoms with Crippen LogP contribution >= 0.6 is 0 Å². The summed E-state index contributed by atoms with van der Waals surface area (Å²) in [6.07, 6.45) is -0.336. The van der Waals surface area contributed by atoms with Crippen LogP contribution in [0.4, 0.5) is 4.39 Å². The van der Waals surface area contributed by atoms with Crippen molar-refractivity contribution in [2.24, 2.45) is 17.6 Å². The van der Waals surface area contributed by atoms with Gasteiger partial charge in [0.1, 0.15) is 6.17 Å². The lowest BCUT2D eigenvalue weighted by atomic mass is 9.84. The zero-order valence-electron chi connectivity index (χ0n) is 17.1. The molecule has 4 aliphatic heterocycles. The maximum atomic E-state index is 13.7. The quantitative estimate of drug-likeness (QED) is 0.361. The fraction of sp³-hybridized carbons (Fsp3) is 0.944. The standard InChI is InChI=1S/C18H35FN8O/c1-10-21-7-14(26(10)3)12-4-5-25(2)9-13(12)23-18(28)15-16(20)24-27-8-11(19)6-22-17(15)27/h10-17,21-22,24H,4-9,20H2,1-3H3,(H,23,28). The van der Waals surface area contributed by atoms with Crippen molar-refractivity contribution in [1.29, 1.82) is 0 Å². The zero-order chi connectivity index (χ0) is 20.0. The molecule has 4 saturated heterocycles. The molecule has 0 aromatic carbocycles. The highest BCUT2D eigenvalue weighted by atomic mass is 19.1. The summed E-state index contributed by atoms with van der Waals surface area (Å²) in [4.78, 5) is 17.9. The summed E-state index contributed by atoms with van der Waals surface area (Å²) in [6, 6.07) is 0.477. The predicted molar refractivity (Wildman–Crippen MR) is 105 cm³/mol. The Bertz CT molecular complexity index is 582.